The van der Waals surface area contributed by atoms with Crippen molar-refractivity contribution in [1.82, 2.24) is 19.6 Å². The molecular weight excluding hydrogens is 429 g/mol. The summed E-state index contributed by atoms with van der Waals surface area (Å²) in [4.78, 5) is 14.5. The largest absolute Gasteiger partial charge is 0.406 e. The molecule has 1 heterocycles. The van der Waals surface area contributed by atoms with Crippen LogP contribution >= 0.6 is 11.6 Å². The first-order valence-electron chi connectivity index (χ1n) is 9.51. The second kappa shape index (κ2) is 9.53. The zero-order chi connectivity index (χ0) is 22.6. The molecule has 0 saturated heterocycles. The molecular formula is C22H22ClF3N4O. The minimum absolute atomic E-state index is 0.150. The topological polar surface area (TPSA) is 41.4 Å². The van der Waals surface area contributed by atoms with Gasteiger partial charge in [0.25, 0.3) is 0 Å². The van der Waals surface area contributed by atoms with Crippen LogP contribution in [0.15, 0.2) is 60.8 Å². The summed E-state index contributed by atoms with van der Waals surface area (Å²) < 4.78 is 39.4. The smallest absolute Gasteiger partial charge is 0.336 e. The number of likely N-dealkylation sites (N-methyl/N-ethyl adjacent to an activating group) is 2. The van der Waals surface area contributed by atoms with Gasteiger partial charge in [0.15, 0.2) is 0 Å². The number of hydrogen-bond acceptors (Lipinski definition) is 3. The van der Waals surface area contributed by atoms with Gasteiger partial charge < -0.3 is 4.90 Å². The van der Waals surface area contributed by atoms with Crippen LogP contribution in [0.1, 0.15) is 5.56 Å². The van der Waals surface area contributed by atoms with Crippen molar-refractivity contribution in [1.29, 1.82) is 0 Å². The van der Waals surface area contributed by atoms with Crippen molar-refractivity contribution in [2.75, 3.05) is 27.2 Å². The van der Waals surface area contributed by atoms with Gasteiger partial charge in [0.1, 0.15) is 6.54 Å². The van der Waals surface area contributed by atoms with Crippen LogP contribution < -0.4 is 0 Å². The number of hydrogen-bond donors (Lipinski definition) is 0. The number of alkyl halides is 3. The highest BCUT2D eigenvalue weighted by Gasteiger charge is 2.31. The standard InChI is InChI=1S/C22H22ClF3N4O/c1-28(14-20(31)29(2)15-22(24,25)26)12-17-13-30(19-6-4-3-5-7-19)27-21(17)16-8-10-18(23)11-9-16/h3-11,13H,12,14-15H2,1-2H3. The fraction of sp³-hybridized carbons (Fsp3) is 0.273. The molecule has 0 atom stereocenters. The Labute approximate surface area is 183 Å². The average Bonchev–Trinajstić information content (AvgIpc) is 3.11. The third-order valence-electron chi connectivity index (χ3n) is 4.62. The van der Waals surface area contributed by atoms with Crippen LogP contribution in [-0.4, -0.2) is 58.8 Å². The summed E-state index contributed by atoms with van der Waals surface area (Å²) in [5.41, 5.74) is 3.26. The van der Waals surface area contributed by atoms with E-state index in [1.54, 1.807) is 28.8 Å². The van der Waals surface area contributed by atoms with Crippen LogP contribution in [-0.2, 0) is 11.3 Å². The normalized spacial score (nSPS) is 11.7. The number of aromatic nitrogens is 2. The summed E-state index contributed by atoms with van der Waals surface area (Å²) in [6, 6.07) is 16.8. The molecule has 0 unspecified atom stereocenters. The lowest BCUT2D eigenvalue weighted by atomic mass is 10.1. The van der Waals surface area contributed by atoms with Gasteiger partial charge in [-0.15, -0.1) is 0 Å². The second-order valence-corrected chi connectivity index (χ2v) is 7.76. The number of carbonyl (C=O) groups excluding carboxylic acids is 1. The number of halogens is 4. The molecule has 1 aromatic heterocycles. The highest BCUT2D eigenvalue weighted by atomic mass is 35.5. The van der Waals surface area contributed by atoms with E-state index in [9.17, 15) is 18.0 Å². The Bertz CT molecular complexity index is 1020. The number of carbonyl (C=O) groups is 1. The summed E-state index contributed by atoms with van der Waals surface area (Å²) in [5.74, 6) is -0.608. The van der Waals surface area contributed by atoms with E-state index in [1.807, 2.05) is 48.7 Å². The van der Waals surface area contributed by atoms with Crippen molar-refractivity contribution in [3.63, 3.8) is 0 Å². The lowest BCUT2D eigenvalue weighted by Gasteiger charge is -2.22. The molecule has 9 heteroatoms. The van der Waals surface area contributed by atoms with Gasteiger partial charge in [-0.1, -0.05) is 41.9 Å². The number of rotatable bonds is 7. The summed E-state index contributed by atoms with van der Waals surface area (Å²) in [7, 11) is 2.83. The van der Waals surface area contributed by atoms with Crippen LogP contribution in [0.25, 0.3) is 16.9 Å². The fourth-order valence-corrected chi connectivity index (χ4v) is 3.27. The van der Waals surface area contributed by atoms with Gasteiger partial charge in [-0.05, 0) is 31.3 Å². The first kappa shape index (κ1) is 22.8. The van der Waals surface area contributed by atoms with Crippen molar-refractivity contribution in [2.45, 2.75) is 12.7 Å². The molecule has 0 aliphatic carbocycles. The summed E-state index contributed by atoms with van der Waals surface area (Å²) in [6.45, 7) is -1.10. The second-order valence-electron chi connectivity index (χ2n) is 7.33. The first-order valence-corrected chi connectivity index (χ1v) is 9.89. The van der Waals surface area contributed by atoms with Crippen molar-refractivity contribution < 1.29 is 18.0 Å². The third kappa shape index (κ3) is 6.32. The zero-order valence-corrected chi connectivity index (χ0v) is 17.9. The molecule has 0 saturated carbocycles. The van der Waals surface area contributed by atoms with Gasteiger partial charge in [-0.2, -0.15) is 18.3 Å². The molecule has 3 aromatic rings. The zero-order valence-electron chi connectivity index (χ0n) is 17.1. The highest BCUT2D eigenvalue weighted by molar-refractivity contribution is 6.30. The van der Waals surface area contributed by atoms with Gasteiger partial charge in [0.05, 0.1) is 17.9 Å². The Morgan fingerprint density at radius 1 is 1.06 bits per heavy atom. The number of amides is 1. The highest BCUT2D eigenvalue weighted by Crippen LogP contribution is 2.26. The van der Waals surface area contributed by atoms with Gasteiger partial charge in [-0.25, -0.2) is 4.68 Å². The number of para-hydroxylation sites is 1. The molecule has 2 aromatic carbocycles. The molecule has 0 spiro atoms. The quantitative estimate of drug-likeness (QED) is 0.526. The van der Waals surface area contributed by atoms with E-state index < -0.39 is 18.6 Å². The van der Waals surface area contributed by atoms with E-state index in [0.29, 0.717) is 22.2 Å². The Morgan fingerprint density at radius 2 is 1.71 bits per heavy atom. The van der Waals surface area contributed by atoms with Crippen LogP contribution in [0.3, 0.4) is 0 Å². The number of nitrogens with zero attached hydrogens (tertiary/aromatic N) is 4. The summed E-state index contributed by atoms with van der Waals surface area (Å²) in [5, 5.41) is 5.30. The minimum atomic E-state index is -4.43. The summed E-state index contributed by atoms with van der Waals surface area (Å²) in [6.07, 6.45) is -2.57. The Kier molecular flexibility index (Phi) is 7.02. The fourth-order valence-electron chi connectivity index (χ4n) is 3.14. The van der Waals surface area contributed by atoms with Gasteiger partial charge in [0, 0.05) is 35.9 Å². The third-order valence-corrected chi connectivity index (χ3v) is 4.87. The molecule has 3 rings (SSSR count). The maximum atomic E-state index is 12.6. The maximum Gasteiger partial charge on any atom is 0.406 e. The Morgan fingerprint density at radius 3 is 2.32 bits per heavy atom. The summed E-state index contributed by atoms with van der Waals surface area (Å²) >= 11 is 6.00. The van der Waals surface area contributed by atoms with E-state index in [0.717, 1.165) is 23.9 Å². The van der Waals surface area contributed by atoms with Crippen molar-refractivity contribution >= 4 is 17.5 Å². The molecule has 0 fully saturated rings. The van der Waals surface area contributed by atoms with Crippen LogP contribution in [0.5, 0.6) is 0 Å². The molecule has 0 aliphatic heterocycles. The van der Waals surface area contributed by atoms with E-state index in [1.165, 1.54) is 0 Å². The van der Waals surface area contributed by atoms with E-state index in [4.69, 9.17) is 16.7 Å². The van der Waals surface area contributed by atoms with E-state index >= 15 is 0 Å². The monoisotopic (exact) mass is 450 g/mol. The lowest BCUT2D eigenvalue weighted by molar-refractivity contribution is -0.158. The minimum Gasteiger partial charge on any atom is -0.336 e. The average molecular weight is 451 g/mol. The molecule has 0 radical (unpaired) electrons. The molecule has 164 valence electrons. The maximum absolute atomic E-state index is 12.6. The Hall–Kier alpha value is -2.84. The number of benzene rings is 2. The van der Waals surface area contributed by atoms with Crippen LogP contribution in [0, 0.1) is 0 Å². The first-order chi connectivity index (χ1) is 14.6. The molecule has 31 heavy (non-hydrogen) atoms. The van der Waals surface area contributed by atoms with Gasteiger partial charge in [-0.3, -0.25) is 9.69 Å². The van der Waals surface area contributed by atoms with Crippen molar-refractivity contribution in [2.24, 2.45) is 0 Å². The van der Waals surface area contributed by atoms with Crippen LogP contribution in [0.2, 0.25) is 5.02 Å². The molecule has 0 bridgehead atoms. The molecule has 1 amide bonds. The molecule has 5 nitrogen and oxygen atoms in total. The van der Waals surface area contributed by atoms with Gasteiger partial charge in [0.2, 0.25) is 5.91 Å². The lowest BCUT2D eigenvalue weighted by Crippen LogP contribution is -2.41. The van der Waals surface area contributed by atoms with Crippen molar-refractivity contribution in [3.8, 4) is 16.9 Å². The van der Waals surface area contributed by atoms with Crippen LogP contribution in [0.4, 0.5) is 13.2 Å². The molecule has 0 aliphatic rings. The van der Waals surface area contributed by atoms with Crippen molar-refractivity contribution in [3.05, 3.63) is 71.4 Å². The van der Waals surface area contributed by atoms with E-state index in [-0.39, 0.29) is 6.54 Å². The SMILES string of the molecule is CN(CC(=O)N(C)CC(F)(F)F)Cc1cn(-c2ccccc2)nc1-c1ccc(Cl)cc1. The predicted octanol–water partition coefficient (Wildman–Crippen LogP) is 4.65. The molecule has 0 N–H and O–H groups in total. The van der Waals surface area contributed by atoms with Gasteiger partial charge >= 0.3 is 6.18 Å². The van der Waals surface area contributed by atoms with E-state index in [2.05, 4.69) is 0 Å². The Balaban J connectivity index is 1.82. The predicted molar refractivity (Wildman–Crippen MR) is 114 cm³/mol.